The molecule has 0 spiro atoms. The monoisotopic (exact) mass is 879 g/mol. The van der Waals surface area contributed by atoms with Crippen LogP contribution >= 0.6 is 34.8 Å². The highest BCUT2D eigenvalue weighted by Crippen LogP contribution is 2.38. The second kappa shape index (κ2) is 27.5. The van der Waals surface area contributed by atoms with Crippen molar-refractivity contribution in [1.82, 2.24) is 5.32 Å². The van der Waals surface area contributed by atoms with E-state index in [1.54, 1.807) is 19.3 Å². The molecule has 1 aliphatic rings. The first-order chi connectivity index (χ1) is 27.0. The van der Waals surface area contributed by atoms with Crippen LogP contribution in [0.15, 0.2) is 49.6 Å². The van der Waals surface area contributed by atoms with E-state index in [0.717, 1.165) is 30.6 Å². The molecule has 1 aromatic carbocycles. The average molecular weight is 881 g/mol. The molecular formula is C43H72Cl3NO9Si. The summed E-state index contributed by atoms with van der Waals surface area (Å²) in [5.41, 5.74) is 1.06. The van der Waals surface area contributed by atoms with Crippen LogP contribution < -0.4 is 10.1 Å². The van der Waals surface area contributed by atoms with E-state index in [1.165, 1.54) is 44.9 Å². The summed E-state index contributed by atoms with van der Waals surface area (Å²) in [6.07, 6.45) is 12.0. The molecule has 0 aromatic heterocycles. The van der Waals surface area contributed by atoms with E-state index in [1.807, 2.05) is 24.3 Å². The first-order valence-electron chi connectivity index (χ1n) is 20.7. The molecule has 6 atom stereocenters. The van der Waals surface area contributed by atoms with Crippen molar-refractivity contribution in [1.29, 1.82) is 0 Å². The fourth-order valence-electron chi connectivity index (χ4n) is 6.17. The van der Waals surface area contributed by atoms with Crippen LogP contribution in [0.3, 0.4) is 0 Å². The van der Waals surface area contributed by atoms with Gasteiger partial charge in [0.05, 0.1) is 39.6 Å². The van der Waals surface area contributed by atoms with Gasteiger partial charge in [-0.2, -0.15) is 0 Å². The number of halogens is 3. The molecule has 1 aliphatic heterocycles. The van der Waals surface area contributed by atoms with Crippen LogP contribution in [-0.4, -0.2) is 95.1 Å². The molecule has 1 heterocycles. The number of ether oxygens (including phenoxy) is 7. The number of carbonyl (C=O) groups excluding carboxylic acids is 1. The molecule has 328 valence electrons. The van der Waals surface area contributed by atoms with Crippen LogP contribution in [0.25, 0.3) is 0 Å². The fourth-order valence-corrected chi connectivity index (χ4v) is 7.35. The zero-order valence-corrected chi connectivity index (χ0v) is 38.9. The Bertz CT molecular complexity index is 1260. The predicted molar refractivity (Wildman–Crippen MR) is 234 cm³/mol. The minimum atomic E-state index is -2.21. The number of alkyl halides is 3. The first-order valence-corrected chi connectivity index (χ1v) is 24.7. The third-order valence-corrected chi connectivity index (χ3v) is 15.3. The van der Waals surface area contributed by atoms with Gasteiger partial charge in [0, 0.05) is 6.61 Å². The van der Waals surface area contributed by atoms with Gasteiger partial charge in [0.15, 0.2) is 14.6 Å². The molecule has 2 rings (SSSR count). The van der Waals surface area contributed by atoms with Crippen molar-refractivity contribution in [2.75, 3.05) is 40.1 Å². The van der Waals surface area contributed by atoms with Crippen molar-refractivity contribution >= 4 is 49.2 Å². The number of rotatable bonds is 29. The molecule has 1 saturated heterocycles. The van der Waals surface area contributed by atoms with E-state index in [2.05, 4.69) is 59.3 Å². The Kier molecular flexibility index (Phi) is 24.9. The van der Waals surface area contributed by atoms with E-state index in [9.17, 15) is 4.79 Å². The van der Waals surface area contributed by atoms with Gasteiger partial charge in [0.2, 0.25) is 3.79 Å². The number of unbranched alkanes of at least 4 members (excludes halogenated alkanes) is 8. The quantitative estimate of drug-likeness (QED) is 0.0365. The van der Waals surface area contributed by atoms with Crippen LogP contribution in [0.4, 0.5) is 4.79 Å². The fraction of sp³-hybridized carbons (Fsp3) is 0.744. The van der Waals surface area contributed by atoms with Crippen molar-refractivity contribution in [3.63, 3.8) is 0 Å². The molecule has 0 aliphatic carbocycles. The third-order valence-electron chi connectivity index (χ3n) is 10.5. The van der Waals surface area contributed by atoms with Gasteiger partial charge in [-0.1, -0.05) is 145 Å². The maximum Gasteiger partial charge on any atom is 0.407 e. The smallest absolute Gasteiger partial charge is 0.407 e. The van der Waals surface area contributed by atoms with Crippen molar-refractivity contribution in [2.45, 2.75) is 164 Å². The number of benzene rings is 1. The zero-order chi connectivity index (χ0) is 42.3. The molecule has 1 N–H and O–H groups in total. The van der Waals surface area contributed by atoms with Crippen molar-refractivity contribution in [3.8, 4) is 5.75 Å². The predicted octanol–water partition coefficient (Wildman–Crippen LogP) is 11.3. The molecule has 1 amide bonds. The highest BCUT2D eigenvalue weighted by molar-refractivity contribution is 6.74. The number of amides is 1. The van der Waals surface area contributed by atoms with Crippen LogP contribution in [-0.2, 0) is 39.5 Å². The minimum Gasteiger partial charge on any atom is -0.497 e. The topological polar surface area (TPSA) is 103 Å². The van der Waals surface area contributed by atoms with Crippen LogP contribution in [0.1, 0.15) is 104 Å². The van der Waals surface area contributed by atoms with E-state index in [0.29, 0.717) is 19.6 Å². The van der Waals surface area contributed by atoms with E-state index in [4.69, 9.17) is 72.4 Å². The summed E-state index contributed by atoms with van der Waals surface area (Å²) >= 11 is 17.7. The third kappa shape index (κ3) is 20.6. The molecule has 10 nitrogen and oxygen atoms in total. The summed E-state index contributed by atoms with van der Waals surface area (Å²) in [5.74, 6) is 0.797. The number of carbonyl (C=O) groups is 1. The highest BCUT2D eigenvalue weighted by Gasteiger charge is 2.50. The molecule has 1 aromatic rings. The molecule has 14 heteroatoms. The van der Waals surface area contributed by atoms with E-state index >= 15 is 0 Å². The summed E-state index contributed by atoms with van der Waals surface area (Å²) < 4.78 is 47.8. The molecule has 0 saturated carbocycles. The lowest BCUT2D eigenvalue weighted by molar-refractivity contribution is -0.280. The second-order valence-electron chi connectivity index (χ2n) is 16.2. The lowest BCUT2D eigenvalue weighted by Gasteiger charge is -2.47. The standard InChI is InChI=1S/C43H72Cl3NO9Si/c1-10-13-14-15-16-17-18-19-20-21-35(53-30-33-22-24-34(49-7)25-23-33)26-29-51-39-37(47-41(48)54-32-43(44,45)46)40(52-28-12-3)56-36(38(39)50-27-11-2)31-55-57(8,9)42(4,5)6/h11-12,22-25,35-40H,2-3,10,13-21,26-32H2,1,4-9H3,(H,47,48)/t35-,36+,37-,38+,39+,40-/m0/s1. The molecular weight excluding hydrogens is 809 g/mol. The van der Waals surface area contributed by atoms with Crippen LogP contribution in [0, 0.1) is 0 Å². The molecule has 57 heavy (non-hydrogen) atoms. The summed E-state index contributed by atoms with van der Waals surface area (Å²) in [6, 6.07) is 7.02. The Morgan fingerprint density at radius 1 is 0.895 bits per heavy atom. The van der Waals surface area contributed by atoms with Crippen LogP contribution in [0.5, 0.6) is 5.75 Å². The normalized spacial score (nSPS) is 20.8. The second-order valence-corrected chi connectivity index (χ2v) is 23.5. The average Bonchev–Trinajstić information content (AvgIpc) is 3.16. The summed E-state index contributed by atoms with van der Waals surface area (Å²) in [7, 11) is -0.552. The zero-order valence-electron chi connectivity index (χ0n) is 35.7. The van der Waals surface area contributed by atoms with Crippen molar-refractivity contribution in [2.24, 2.45) is 0 Å². The summed E-state index contributed by atoms with van der Waals surface area (Å²) in [6.45, 7) is 21.7. The maximum atomic E-state index is 13.2. The van der Waals surface area contributed by atoms with E-state index < -0.39 is 55.5 Å². The Morgan fingerprint density at radius 2 is 1.51 bits per heavy atom. The summed E-state index contributed by atoms with van der Waals surface area (Å²) in [5, 5.41) is 2.82. The van der Waals surface area contributed by atoms with Gasteiger partial charge in [-0.15, -0.1) is 13.2 Å². The number of nitrogens with one attached hydrogen (secondary N) is 1. The largest absolute Gasteiger partial charge is 0.497 e. The summed E-state index contributed by atoms with van der Waals surface area (Å²) in [4.78, 5) is 13.2. The SMILES string of the molecule is C=CCO[C@H]1O[C@H](CO[Si](C)(C)C(C)(C)C)[C@@H](OCC=C)[C@H](OCC[C@H](CCCCCCCCCCC)OCc2ccc(OC)cc2)[C@@H]1NC(=O)OCC(Cl)(Cl)Cl. The van der Waals surface area contributed by atoms with Gasteiger partial charge >= 0.3 is 6.09 Å². The molecule has 0 bridgehead atoms. The maximum absolute atomic E-state index is 13.2. The Labute approximate surface area is 360 Å². The lowest BCUT2D eigenvalue weighted by atomic mass is 9.96. The van der Waals surface area contributed by atoms with Gasteiger partial charge in [0.1, 0.15) is 36.7 Å². The van der Waals surface area contributed by atoms with Gasteiger partial charge in [-0.05, 0) is 48.7 Å². The van der Waals surface area contributed by atoms with Gasteiger partial charge in [-0.3, -0.25) is 0 Å². The Morgan fingerprint density at radius 3 is 2.09 bits per heavy atom. The Hall–Kier alpha value is -1.38. The number of hydrogen-bond donors (Lipinski definition) is 1. The number of alkyl carbamates (subject to hydrolysis) is 1. The molecule has 0 unspecified atom stereocenters. The lowest BCUT2D eigenvalue weighted by Crippen LogP contribution is -2.66. The van der Waals surface area contributed by atoms with Gasteiger partial charge in [-0.25, -0.2) is 4.79 Å². The number of hydrogen-bond acceptors (Lipinski definition) is 9. The molecule has 0 radical (unpaired) electrons. The molecule has 1 fully saturated rings. The van der Waals surface area contributed by atoms with E-state index in [-0.39, 0.29) is 31.0 Å². The number of methoxy groups -OCH3 is 1. The van der Waals surface area contributed by atoms with Gasteiger partial charge in [0.25, 0.3) is 0 Å². The minimum absolute atomic E-state index is 0.0421. The van der Waals surface area contributed by atoms with Crippen molar-refractivity contribution < 1.29 is 42.4 Å². The van der Waals surface area contributed by atoms with Gasteiger partial charge < -0.3 is 42.9 Å². The highest BCUT2D eigenvalue weighted by atomic mass is 35.6. The Balaban J connectivity index is 2.34. The first kappa shape index (κ1) is 51.8. The van der Waals surface area contributed by atoms with Crippen molar-refractivity contribution in [3.05, 3.63) is 55.1 Å². The van der Waals surface area contributed by atoms with Crippen LogP contribution in [0.2, 0.25) is 18.1 Å².